The van der Waals surface area contributed by atoms with E-state index in [9.17, 15) is 9.59 Å². The monoisotopic (exact) mass is 193 g/mol. The number of carboxylic acids is 1. The highest BCUT2D eigenvalue weighted by molar-refractivity contribution is 5.76. The minimum Gasteiger partial charge on any atom is -0.480 e. The molecule has 14 heavy (non-hydrogen) atoms. The summed E-state index contributed by atoms with van der Waals surface area (Å²) < 4.78 is 0. The van der Waals surface area contributed by atoms with Gasteiger partial charge in [-0.1, -0.05) is 18.2 Å². The molecular weight excluding hydrogens is 182 g/mol. The van der Waals surface area contributed by atoms with Crippen molar-refractivity contribution in [2.24, 2.45) is 5.73 Å². The molecule has 0 fully saturated rings. The number of carbonyl (C=O) groups excluding carboxylic acids is 1. The Kier molecular flexibility index (Phi) is 3.36. The summed E-state index contributed by atoms with van der Waals surface area (Å²) in [6, 6.07) is 5.82. The zero-order chi connectivity index (χ0) is 10.6. The molecule has 4 nitrogen and oxygen atoms in total. The predicted molar refractivity (Wildman–Crippen MR) is 51.1 cm³/mol. The van der Waals surface area contributed by atoms with Gasteiger partial charge in [0.1, 0.15) is 12.3 Å². The molecule has 0 aliphatic heterocycles. The highest BCUT2D eigenvalue weighted by atomic mass is 16.4. The lowest BCUT2D eigenvalue weighted by Crippen LogP contribution is -2.32. The maximum atomic E-state index is 10.5. The number of carboxylic acid groups (broad SMARTS) is 1. The molecule has 0 heterocycles. The fourth-order valence-electron chi connectivity index (χ4n) is 1.13. The lowest BCUT2D eigenvalue weighted by atomic mass is 10.0. The quantitative estimate of drug-likeness (QED) is 0.680. The molecule has 0 saturated carbocycles. The van der Waals surface area contributed by atoms with Crippen LogP contribution in [-0.2, 0) is 11.2 Å². The summed E-state index contributed by atoms with van der Waals surface area (Å²) in [5, 5.41) is 8.58. The highest BCUT2D eigenvalue weighted by Crippen LogP contribution is 2.05. The summed E-state index contributed by atoms with van der Waals surface area (Å²) in [4.78, 5) is 20.9. The smallest absolute Gasteiger partial charge is 0.320 e. The van der Waals surface area contributed by atoms with Crippen LogP contribution in [0, 0.1) is 0 Å². The van der Waals surface area contributed by atoms with Crippen molar-refractivity contribution in [1.82, 2.24) is 0 Å². The first kappa shape index (κ1) is 10.4. The molecule has 1 aromatic carbocycles. The minimum atomic E-state index is -1.04. The van der Waals surface area contributed by atoms with Crippen LogP contribution >= 0.6 is 0 Å². The molecule has 0 radical (unpaired) electrons. The van der Waals surface area contributed by atoms with E-state index in [4.69, 9.17) is 10.8 Å². The van der Waals surface area contributed by atoms with Crippen molar-refractivity contribution in [1.29, 1.82) is 0 Å². The molecule has 3 N–H and O–H groups in total. The molecule has 4 heteroatoms. The maximum absolute atomic E-state index is 10.5. The number of benzene rings is 1. The van der Waals surface area contributed by atoms with Gasteiger partial charge in [-0.25, -0.2) is 0 Å². The van der Waals surface area contributed by atoms with Crippen LogP contribution in [0.1, 0.15) is 15.9 Å². The first-order chi connectivity index (χ1) is 6.63. The van der Waals surface area contributed by atoms with Crippen molar-refractivity contribution >= 4 is 12.3 Å². The molecule has 0 spiro atoms. The zero-order valence-corrected chi connectivity index (χ0v) is 7.51. The van der Waals surface area contributed by atoms with Gasteiger partial charge < -0.3 is 10.8 Å². The average molecular weight is 193 g/mol. The number of hydrogen-bond donors (Lipinski definition) is 2. The van der Waals surface area contributed by atoms with Gasteiger partial charge in [0.2, 0.25) is 0 Å². The predicted octanol–water partition coefficient (Wildman–Crippen LogP) is 0.453. The van der Waals surface area contributed by atoms with Crippen molar-refractivity contribution in [2.75, 3.05) is 0 Å². The fraction of sp³-hybridized carbons (Fsp3) is 0.200. The number of aldehydes is 1. The van der Waals surface area contributed by atoms with E-state index < -0.39 is 12.0 Å². The standard InChI is InChI=1S/C10H11NO3/c11-9(10(13)14)5-7-2-1-3-8(4-7)6-12/h1-4,6,9H,5,11H2,(H,13,14)/t9-/m1/s1. The Bertz CT molecular complexity index is 349. The van der Waals surface area contributed by atoms with Crippen LogP contribution in [0.3, 0.4) is 0 Å². The van der Waals surface area contributed by atoms with Crippen LogP contribution in [0.5, 0.6) is 0 Å². The van der Waals surface area contributed by atoms with E-state index in [2.05, 4.69) is 0 Å². The van der Waals surface area contributed by atoms with Gasteiger partial charge >= 0.3 is 5.97 Å². The number of rotatable bonds is 4. The average Bonchev–Trinajstić information content (AvgIpc) is 2.18. The topological polar surface area (TPSA) is 80.4 Å². The van der Waals surface area contributed by atoms with Crippen molar-refractivity contribution in [3.05, 3.63) is 35.4 Å². The van der Waals surface area contributed by atoms with E-state index in [0.29, 0.717) is 5.56 Å². The molecule has 0 bridgehead atoms. The maximum Gasteiger partial charge on any atom is 0.320 e. The largest absolute Gasteiger partial charge is 0.480 e. The normalized spacial score (nSPS) is 12.1. The van der Waals surface area contributed by atoms with Crippen LogP contribution < -0.4 is 5.73 Å². The summed E-state index contributed by atoms with van der Waals surface area (Å²) in [7, 11) is 0. The molecule has 0 saturated heterocycles. The summed E-state index contributed by atoms with van der Waals surface area (Å²) in [6.45, 7) is 0. The van der Waals surface area contributed by atoms with E-state index in [1.807, 2.05) is 0 Å². The van der Waals surface area contributed by atoms with Gasteiger partial charge in [0.05, 0.1) is 0 Å². The van der Waals surface area contributed by atoms with Gasteiger partial charge in [-0.05, 0) is 18.1 Å². The Morgan fingerprint density at radius 2 is 2.29 bits per heavy atom. The zero-order valence-electron chi connectivity index (χ0n) is 7.51. The minimum absolute atomic E-state index is 0.233. The second-order valence-electron chi connectivity index (χ2n) is 3.01. The van der Waals surface area contributed by atoms with Gasteiger partial charge in [0.25, 0.3) is 0 Å². The Morgan fingerprint density at radius 1 is 1.57 bits per heavy atom. The van der Waals surface area contributed by atoms with E-state index in [1.54, 1.807) is 24.3 Å². The SMILES string of the molecule is N[C@H](Cc1cccc(C=O)c1)C(=O)O. The lowest BCUT2D eigenvalue weighted by molar-refractivity contribution is -0.138. The van der Waals surface area contributed by atoms with Crippen molar-refractivity contribution < 1.29 is 14.7 Å². The number of aliphatic carboxylic acids is 1. The summed E-state index contributed by atoms with van der Waals surface area (Å²) in [5.74, 6) is -1.04. The number of carbonyl (C=O) groups is 2. The Morgan fingerprint density at radius 3 is 2.86 bits per heavy atom. The van der Waals surface area contributed by atoms with Crippen LogP contribution in [0.2, 0.25) is 0 Å². The number of nitrogens with two attached hydrogens (primary N) is 1. The van der Waals surface area contributed by atoms with Crippen molar-refractivity contribution in [3.8, 4) is 0 Å². The Hall–Kier alpha value is -1.68. The molecule has 1 atom stereocenters. The third-order valence-electron chi connectivity index (χ3n) is 1.86. The summed E-state index contributed by atoms with van der Waals surface area (Å²) >= 11 is 0. The molecule has 0 aromatic heterocycles. The van der Waals surface area contributed by atoms with Crippen LogP contribution in [0.4, 0.5) is 0 Å². The van der Waals surface area contributed by atoms with E-state index in [-0.39, 0.29) is 6.42 Å². The molecule has 74 valence electrons. The van der Waals surface area contributed by atoms with Gasteiger partial charge in [0.15, 0.2) is 0 Å². The second-order valence-corrected chi connectivity index (χ2v) is 3.01. The Labute approximate surface area is 81.3 Å². The molecule has 0 amide bonds. The molecule has 0 aliphatic carbocycles. The van der Waals surface area contributed by atoms with E-state index in [0.717, 1.165) is 11.8 Å². The van der Waals surface area contributed by atoms with Gasteiger partial charge in [0, 0.05) is 5.56 Å². The third-order valence-corrected chi connectivity index (χ3v) is 1.86. The lowest BCUT2D eigenvalue weighted by Gasteiger charge is -2.06. The van der Waals surface area contributed by atoms with E-state index in [1.165, 1.54) is 0 Å². The van der Waals surface area contributed by atoms with Crippen molar-refractivity contribution in [3.63, 3.8) is 0 Å². The number of hydrogen-bond acceptors (Lipinski definition) is 3. The summed E-state index contributed by atoms with van der Waals surface area (Å²) in [5.41, 5.74) is 6.63. The second kappa shape index (κ2) is 4.53. The fourth-order valence-corrected chi connectivity index (χ4v) is 1.13. The molecular formula is C10H11NO3. The Balaban J connectivity index is 2.76. The first-order valence-electron chi connectivity index (χ1n) is 4.16. The molecule has 0 unspecified atom stereocenters. The van der Waals surface area contributed by atoms with E-state index >= 15 is 0 Å². The highest BCUT2D eigenvalue weighted by Gasteiger charge is 2.11. The van der Waals surface area contributed by atoms with Crippen molar-refractivity contribution in [2.45, 2.75) is 12.5 Å². The summed E-state index contributed by atoms with van der Waals surface area (Å²) in [6.07, 6.45) is 0.951. The first-order valence-corrected chi connectivity index (χ1v) is 4.16. The molecule has 0 aliphatic rings. The van der Waals surface area contributed by atoms with Gasteiger partial charge in [-0.2, -0.15) is 0 Å². The van der Waals surface area contributed by atoms with Gasteiger partial charge in [-0.15, -0.1) is 0 Å². The van der Waals surface area contributed by atoms with Gasteiger partial charge in [-0.3, -0.25) is 9.59 Å². The van der Waals surface area contributed by atoms with Crippen LogP contribution in [0.25, 0.3) is 0 Å². The molecule has 1 aromatic rings. The molecule has 1 rings (SSSR count). The van der Waals surface area contributed by atoms with Crippen LogP contribution in [0.15, 0.2) is 24.3 Å². The van der Waals surface area contributed by atoms with Crippen LogP contribution in [-0.4, -0.2) is 23.4 Å². The third kappa shape index (κ3) is 2.67.